The van der Waals surface area contributed by atoms with E-state index in [2.05, 4.69) is 19.0 Å². The number of pyridine rings is 1. The Hall–Kier alpha value is -2.19. The van der Waals surface area contributed by atoms with Crippen LogP contribution in [-0.4, -0.2) is 19.6 Å². The minimum Gasteiger partial charge on any atom is -0.319 e. The first-order chi connectivity index (χ1) is 10.1. The zero-order valence-electron chi connectivity index (χ0n) is 10.1. The molecule has 2 heterocycles. The Morgan fingerprint density at radius 2 is 2.05 bits per heavy atom. The predicted molar refractivity (Wildman–Crippen MR) is 74.5 cm³/mol. The first-order valence-corrected chi connectivity index (χ1v) is 6.71. The van der Waals surface area contributed by atoms with Gasteiger partial charge >= 0.3 is 0 Å². The van der Waals surface area contributed by atoms with Crippen molar-refractivity contribution in [1.29, 1.82) is 0 Å². The van der Waals surface area contributed by atoms with Gasteiger partial charge in [0.25, 0.3) is 5.91 Å². The Morgan fingerprint density at radius 1 is 1.24 bits per heavy atom. The van der Waals surface area contributed by atoms with Gasteiger partial charge in [0.15, 0.2) is 5.82 Å². The van der Waals surface area contributed by atoms with Crippen LogP contribution in [0.3, 0.4) is 0 Å². The number of halogens is 3. The summed E-state index contributed by atoms with van der Waals surface area (Å²) < 4.78 is 34.6. The van der Waals surface area contributed by atoms with E-state index in [0.717, 1.165) is 24.0 Å². The van der Waals surface area contributed by atoms with Crippen molar-refractivity contribution in [3.05, 3.63) is 46.7 Å². The third-order valence-corrected chi connectivity index (χ3v) is 3.56. The van der Waals surface area contributed by atoms with Gasteiger partial charge in [0, 0.05) is 6.20 Å². The molecule has 5 nitrogen and oxygen atoms in total. The van der Waals surface area contributed by atoms with E-state index < -0.39 is 23.2 Å². The predicted octanol–water partition coefficient (Wildman–Crippen LogP) is 3.27. The van der Waals surface area contributed by atoms with Gasteiger partial charge in [0.2, 0.25) is 5.95 Å². The molecule has 0 aliphatic heterocycles. The van der Waals surface area contributed by atoms with Gasteiger partial charge in [-0.1, -0.05) is 11.6 Å². The molecule has 106 valence electrons. The third-order valence-electron chi connectivity index (χ3n) is 2.71. The van der Waals surface area contributed by atoms with Crippen LogP contribution in [0.2, 0.25) is 5.02 Å². The van der Waals surface area contributed by atoms with E-state index in [1.807, 2.05) is 0 Å². The molecule has 0 spiro atoms. The molecule has 1 amide bonds. The fourth-order valence-corrected chi connectivity index (χ4v) is 2.46. The Labute approximate surface area is 125 Å². The smallest absolute Gasteiger partial charge is 0.258 e. The minimum absolute atomic E-state index is 0.199. The molecule has 9 heteroatoms. The summed E-state index contributed by atoms with van der Waals surface area (Å²) in [5.41, 5.74) is 0.653. The number of aromatic nitrogens is 3. The molecular weight excluding hydrogens is 322 g/mol. The Morgan fingerprint density at radius 3 is 2.86 bits per heavy atom. The number of hydrogen-bond acceptors (Lipinski definition) is 5. The first kappa shape index (κ1) is 13.8. The molecule has 0 bridgehead atoms. The average Bonchev–Trinajstić information content (AvgIpc) is 2.93. The van der Waals surface area contributed by atoms with Crippen molar-refractivity contribution in [2.75, 3.05) is 5.32 Å². The Balaban J connectivity index is 2.02. The summed E-state index contributed by atoms with van der Waals surface area (Å²) in [6, 6.07) is 4.25. The summed E-state index contributed by atoms with van der Waals surface area (Å²) in [4.78, 5) is 15.2. The fraction of sp³-hybridized carbons (Fsp3) is 0. The lowest BCUT2D eigenvalue weighted by molar-refractivity contribution is 0.102. The summed E-state index contributed by atoms with van der Waals surface area (Å²) in [6.07, 6.45) is 1.000. The average molecular weight is 327 g/mol. The van der Waals surface area contributed by atoms with Gasteiger partial charge in [-0.2, -0.15) is 13.1 Å². The van der Waals surface area contributed by atoms with Crippen LogP contribution in [0.15, 0.2) is 24.4 Å². The zero-order chi connectivity index (χ0) is 15.0. The zero-order valence-corrected chi connectivity index (χ0v) is 11.7. The molecule has 0 fully saturated rings. The van der Waals surface area contributed by atoms with E-state index in [4.69, 9.17) is 11.6 Å². The topological polar surface area (TPSA) is 67.8 Å². The highest BCUT2D eigenvalue weighted by Gasteiger charge is 2.19. The van der Waals surface area contributed by atoms with Crippen LogP contribution in [0.1, 0.15) is 10.4 Å². The van der Waals surface area contributed by atoms with Crippen molar-refractivity contribution in [2.24, 2.45) is 0 Å². The molecule has 0 saturated heterocycles. The van der Waals surface area contributed by atoms with Gasteiger partial charge in [-0.05, 0) is 18.2 Å². The summed E-state index contributed by atoms with van der Waals surface area (Å²) in [5, 5.41) is 2.64. The second kappa shape index (κ2) is 5.30. The van der Waals surface area contributed by atoms with E-state index >= 15 is 0 Å². The molecule has 0 unspecified atom stereocenters. The highest BCUT2D eigenvalue weighted by atomic mass is 35.5. The normalized spacial score (nSPS) is 10.8. The van der Waals surface area contributed by atoms with Crippen LogP contribution in [0.4, 0.5) is 14.5 Å². The van der Waals surface area contributed by atoms with Crippen molar-refractivity contribution in [2.45, 2.75) is 0 Å². The maximum Gasteiger partial charge on any atom is 0.258 e. The van der Waals surface area contributed by atoms with Crippen molar-refractivity contribution in [1.82, 2.24) is 13.7 Å². The van der Waals surface area contributed by atoms with Crippen molar-refractivity contribution in [3.8, 4) is 0 Å². The summed E-state index contributed by atoms with van der Waals surface area (Å²) in [7, 11) is 0. The molecule has 2 aromatic heterocycles. The Kier molecular flexibility index (Phi) is 3.48. The van der Waals surface area contributed by atoms with Gasteiger partial charge < -0.3 is 5.32 Å². The standard InChI is InChI=1S/C12H5ClF2N4OS/c13-6-1-2-7-10(19-21-18-7)9(6)17-12(20)5-3-4-16-11(15)8(5)14/h1-4H,(H,17,20). The third kappa shape index (κ3) is 2.43. The minimum atomic E-state index is -1.35. The number of benzene rings is 1. The van der Waals surface area contributed by atoms with Gasteiger partial charge in [0.05, 0.1) is 28.0 Å². The van der Waals surface area contributed by atoms with Crippen molar-refractivity contribution < 1.29 is 13.6 Å². The number of rotatable bonds is 2. The van der Waals surface area contributed by atoms with Crippen LogP contribution in [-0.2, 0) is 0 Å². The molecule has 3 aromatic rings. The largest absolute Gasteiger partial charge is 0.319 e. The first-order valence-electron chi connectivity index (χ1n) is 5.60. The van der Waals surface area contributed by atoms with Gasteiger partial charge in [-0.25, -0.2) is 9.37 Å². The summed E-state index contributed by atoms with van der Waals surface area (Å²) >= 11 is 6.95. The molecule has 21 heavy (non-hydrogen) atoms. The maximum atomic E-state index is 13.6. The van der Waals surface area contributed by atoms with Gasteiger partial charge in [0.1, 0.15) is 11.0 Å². The molecule has 0 aliphatic rings. The van der Waals surface area contributed by atoms with Crippen LogP contribution in [0.25, 0.3) is 11.0 Å². The lowest BCUT2D eigenvalue weighted by Gasteiger charge is -2.08. The van der Waals surface area contributed by atoms with Gasteiger partial charge in [-0.15, -0.1) is 0 Å². The van der Waals surface area contributed by atoms with Crippen LogP contribution >= 0.6 is 23.3 Å². The molecule has 0 atom stereocenters. The molecular formula is C12H5ClF2N4OS. The number of hydrogen-bond donors (Lipinski definition) is 1. The molecule has 1 aromatic carbocycles. The van der Waals surface area contributed by atoms with Gasteiger partial charge in [-0.3, -0.25) is 4.79 Å². The molecule has 0 aliphatic carbocycles. The fourth-order valence-electron chi connectivity index (χ4n) is 1.72. The Bertz CT molecular complexity index is 854. The SMILES string of the molecule is O=C(Nc1c(Cl)ccc2nsnc12)c1ccnc(F)c1F. The quantitative estimate of drug-likeness (QED) is 0.734. The number of carbonyl (C=O) groups is 1. The van der Waals surface area contributed by atoms with Crippen LogP contribution in [0.5, 0.6) is 0 Å². The van der Waals surface area contributed by atoms with Crippen molar-refractivity contribution in [3.63, 3.8) is 0 Å². The molecule has 3 rings (SSSR count). The van der Waals surface area contributed by atoms with Crippen LogP contribution in [0, 0.1) is 11.8 Å². The monoisotopic (exact) mass is 326 g/mol. The molecule has 1 N–H and O–H groups in total. The molecule has 0 saturated carbocycles. The van der Waals surface area contributed by atoms with E-state index in [-0.39, 0.29) is 10.7 Å². The summed E-state index contributed by atoms with van der Waals surface area (Å²) in [5.74, 6) is -3.52. The lowest BCUT2D eigenvalue weighted by atomic mass is 10.2. The van der Waals surface area contributed by atoms with E-state index in [0.29, 0.717) is 11.0 Å². The second-order valence-corrected chi connectivity index (χ2v) is 4.91. The lowest BCUT2D eigenvalue weighted by Crippen LogP contribution is -2.15. The van der Waals surface area contributed by atoms with Crippen molar-refractivity contribution >= 4 is 46.0 Å². The molecule has 0 radical (unpaired) electrons. The number of nitrogens with zero attached hydrogens (tertiary/aromatic N) is 3. The highest BCUT2D eigenvalue weighted by molar-refractivity contribution is 7.00. The highest BCUT2D eigenvalue weighted by Crippen LogP contribution is 2.30. The van der Waals surface area contributed by atoms with E-state index in [1.54, 1.807) is 6.07 Å². The number of nitrogens with one attached hydrogen (secondary N) is 1. The number of carbonyl (C=O) groups excluding carboxylic acids is 1. The number of anilines is 1. The summed E-state index contributed by atoms with van der Waals surface area (Å²) in [6.45, 7) is 0. The number of amides is 1. The van der Waals surface area contributed by atoms with E-state index in [9.17, 15) is 13.6 Å². The van der Waals surface area contributed by atoms with Crippen LogP contribution < -0.4 is 5.32 Å². The maximum absolute atomic E-state index is 13.6. The second-order valence-electron chi connectivity index (χ2n) is 3.97. The number of fused-ring (bicyclic) bond motifs is 1. The van der Waals surface area contributed by atoms with E-state index in [1.165, 1.54) is 6.07 Å².